The van der Waals surface area contributed by atoms with E-state index < -0.39 is 11.6 Å². The zero-order valence-corrected chi connectivity index (χ0v) is 13.0. The molecule has 0 atom stereocenters. The predicted molar refractivity (Wildman–Crippen MR) is 81.2 cm³/mol. The quantitative estimate of drug-likeness (QED) is 0.740. The van der Waals surface area contributed by atoms with Crippen molar-refractivity contribution >= 4 is 11.6 Å². The molecule has 1 amide bonds. The molecule has 5 heteroatoms. The highest BCUT2D eigenvalue weighted by atomic mass is 19.1. The highest BCUT2D eigenvalue weighted by Crippen LogP contribution is 2.15. The van der Waals surface area contributed by atoms with Gasteiger partial charge in [-0.25, -0.2) is 8.78 Å². The summed E-state index contributed by atoms with van der Waals surface area (Å²) in [6, 6.07) is 3.25. The van der Waals surface area contributed by atoms with Crippen molar-refractivity contribution in [1.82, 2.24) is 4.90 Å². The van der Waals surface area contributed by atoms with Crippen LogP contribution in [0.2, 0.25) is 0 Å². The van der Waals surface area contributed by atoms with Gasteiger partial charge in [0, 0.05) is 12.1 Å². The smallest absolute Gasteiger partial charge is 0.238 e. The fourth-order valence-electron chi connectivity index (χ4n) is 2.05. The summed E-state index contributed by atoms with van der Waals surface area (Å²) in [7, 11) is 0. The summed E-state index contributed by atoms with van der Waals surface area (Å²) in [5, 5.41) is 2.43. The lowest BCUT2D eigenvalue weighted by atomic mass is 10.2. The maximum atomic E-state index is 13.5. The van der Waals surface area contributed by atoms with Crippen molar-refractivity contribution in [2.75, 3.05) is 18.4 Å². The third kappa shape index (κ3) is 6.21. The average molecular weight is 298 g/mol. The highest BCUT2D eigenvalue weighted by Gasteiger charge is 2.15. The van der Waals surface area contributed by atoms with E-state index in [1.54, 1.807) is 0 Å². The van der Waals surface area contributed by atoms with Gasteiger partial charge in [-0.2, -0.15) is 0 Å². The normalized spacial score (nSPS) is 11.2. The van der Waals surface area contributed by atoms with E-state index in [-0.39, 0.29) is 24.2 Å². The number of unbranched alkanes of at least 4 members (excludes halogenated alkanes) is 2. The van der Waals surface area contributed by atoms with Crippen LogP contribution in [0.1, 0.15) is 40.0 Å². The molecular weight excluding hydrogens is 274 g/mol. The summed E-state index contributed by atoms with van der Waals surface area (Å²) >= 11 is 0. The Labute approximate surface area is 125 Å². The van der Waals surface area contributed by atoms with E-state index >= 15 is 0 Å². The summed E-state index contributed by atoms with van der Waals surface area (Å²) in [6.45, 7) is 7.16. The number of halogens is 2. The Morgan fingerprint density at radius 3 is 2.62 bits per heavy atom. The maximum absolute atomic E-state index is 13.5. The Balaban J connectivity index is 2.59. The van der Waals surface area contributed by atoms with Crippen LogP contribution in [0.25, 0.3) is 0 Å². The van der Waals surface area contributed by atoms with Gasteiger partial charge in [0.2, 0.25) is 5.91 Å². The predicted octanol–water partition coefficient (Wildman–Crippen LogP) is 3.80. The minimum absolute atomic E-state index is 0.114. The van der Waals surface area contributed by atoms with Gasteiger partial charge in [0.05, 0.1) is 12.2 Å². The SMILES string of the molecule is CCCCCN(CC(=O)Nc1cc(F)ccc1F)C(C)C. The lowest BCUT2D eigenvalue weighted by molar-refractivity contribution is -0.117. The number of carbonyl (C=O) groups is 1. The van der Waals surface area contributed by atoms with Gasteiger partial charge in [-0.05, 0) is 38.9 Å². The van der Waals surface area contributed by atoms with E-state index in [0.29, 0.717) is 0 Å². The van der Waals surface area contributed by atoms with Crippen LogP contribution >= 0.6 is 0 Å². The minimum Gasteiger partial charge on any atom is -0.322 e. The van der Waals surface area contributed by atoms with Crippen LogP contribution in [0.5, 0.6) is 0 Å². The largest absolute Gasteiger partial charge is 0.322 e. The van der Waals surface area contributed by atoms with Crippen molar-refractivity contribution in [1.29, 1.82) is 0 Å². The lowest BCUT2D eigenvalue weighted by Crippen LogP contribution is -2.38. The lowest BCUT2D eigenvalue weighted by Gasteiger charge is -2.25. The van der Waals surface area contributed by atoms with Gasteiger partial charge < -0.3 is 5.32 Å². The number of carbonyl (C=O) groups excluding carboxylic acids is 1. The van der Waals surface area contributed by atoms with E-state index in [2.05, 4.69) is 12.2 Å². The first kappa shape index (κ1) is 17.6. The van der Waals surface area contributed by atoms with Gasteiger partial charge in [-0.1, -0.05) is 19.8 Å². The first-order valence-electron chi connectivity index (χ1n) is 7.43. The summed E-state index contributed by atoms with van der Waals surface area (Å²) in [6.07, 6.45) is 3.26. The molecule has 0 aliphatic heterocycles. The molecule has 1 N–H and O–H groups in total. The molecule has 0 unspecified atom stereocenters. The average Bonchev–Trinajstić information content (AvgIpc) is 2.42. The highest BCUT2D eigenvalue weighted by molar-refractivity contribution is 5.92. The van der Waals surface area contributed by atoms with Gasteiger partial charge in [0.1, 0.15) is 11.6 Å². The standard InChI is InChI=1S/C16H24F2N2O/c1-4-5-6-9-20(12(2)3)11-16(21)19-15-10-13(17)7-8-14(15)18/h7-8,10,12H,4-6,9,11H2,1-3H3,(H,19,21). The molecule has 1 aromatic rings. The zero-order chi connectivity index (χ0) is 15.8. The summed E-state index contributed by atoms with van der Waals surface area (Å²) in [4.78, 5) is 14.0. The van der Waals surface area contributed by atoms with Gasteiger partial charge >= 0.3 is 0 Å². The van der Waals surface area contributed by atoms with E-state index in [1.165, 1.54) is 0 Å². The Kier molecular flexibility index (Phi) is 7.29. The van der Waals surface area contributed by atoms with Gasteiger partial charge in [-0.15, -0.1) is 0 Å². The van der Waals surface area contributed by atoms with Crippen LogP contribution in [0, 0.1) is 11.6 Å². The molecule has 1 aromatic carbocycles. The number of benzene rings is 1. The molecule has 1 rings (SSSR count). The summed E-state index contributed by atoms with van der Waals surface area (Å²) < 4.78 is 26.5. The van der Waals surface area contributed by atoms with Crippen molar-refractivity contribution in [2.45, 2.75) is 46.1 Å². The fourth-order valence-corrected chi connectivity index (χ4v) is 2.05. The third-order valence-electron chi connectivity index (χ3n) is 3.33. The monoisotopic (exact) mass is 298 g/mol. The first-order chi connectivity index (χ1) is 9.93. The molecule has 0 saturated carbocycles. The summed E-state index contributed by atoms with van der Waals surface area (Å²) in [5.41, 5.74) is -0.114. The van der Waals surface area contributed by atoms with E-state index in [9.17, 15) is 13.6 Å². The molecule has 0 radical (unpaired) electrons. The van der Waals surface area contributed by atoms with Gasteiger partial charge in [0.15, 0.2) is 0 Å². The van der Waals surface area contributed by atoms with Crippen molar-refractivity contribution in [2.24, 2.45) is 0 Å². The Bertz CT molecular complexity index is 464. The van der Waals surface area contributed by atoms with Crippen LogP contribution < -0.4 is 5.32 Å². The van der Waals surface area contributed by atoms with Crippen LogP contribution in [0.3, 0.4) is 0 Å². The van der Waals surface area contributed by atoms with Gasteiger partial charge in [0.25, 0.3) is 0 Å². The molecule has 0 fully saturated rings. The molecule has 118 valence electrons. The van der Waals surface area contributed by atoms with Crippen molar-refractivity contribution in [3.05, 3.63) is 29.8 Å². The molecule has 0 bridgehead atoms. The molecular formula is C16H24F2N2O. The molecule has 0 aromatic heterocycles. The molecule has 0 aliphatic rings. The molecule has 0 aliphatic carbocycles. The van der Waals surface area contributed by atoms with Gasteiger partial charge in [-0.3, -0.25) is 9.69 Å². The van der Waals surface area contributed by atoms with E-state index in [0.717, 1.165) is 44.0 Å². The van der Waals surface area contributed by atoms with Crippen LogP contribution in [0.15, 0.2) is 18.2 Å². The van der Waals surface area contributed by atoms with Crippen molar-refractivity contribution < 1.29 is 13.6 Å². The number of hydrogen-bond acceptors (Lipinski definition) is 2. The van der Waals surface area contributed by atoms with Crippen LogP contribution in [-0.2, 0) is 4.79 Å². The first-order valence-corrected chi connectivity index (χ1v) is 7.43. The Morgan fingerprint density at radius 1 is 1.29 bits per heavy atom. The minimum atomic E-state index is -0.633. The van der Waals surface area contributed by atoms with Crippen molar-refractivity contribution in [3.63, 3.8) is 0 Å². The van der Waals surface area contributed by atoms with Crippen LogP contribution in [0.4, 0.5) is 14.5 Å². The zero-order valence-electron chi connectivity index (χ0n) is 13.0. The molecule has 3 nitrogen and oxygen atoms in total. The number of rotatable bonds is 8. The molecule has 0 heterocycles. The number of hydrogen-bond donors (Lipinski definition) is 1. The number of nitrogens with one attached hydrogen (secondary N) is 1. The molecule has 0 saturated heterocycles. The third-order valence-corrected chi connectivity index (χ3v) is 3.33. The fraction of sp³-hybridized carbons (Fsp3) is 0.562. The number of amides is 1. The Hall–Kier alpha value is -1.49. The van der Waals surface area contributed by atoms with E-state index in [1.807, 2.05) is 18.7 Å². The number of nitrogens with zero attached hydrogens (tertiary/aromatic N) is 1. The molecule has 0 spiro atoms. The second-order valence-electron chi connectivity index (χ2n) is 5.44. The maximum Gasteiger partial charge on any atom is 0.238 e. The van der Waals surface area contributed by atoms with Crippen molar-refractivity contribution in [3.8, 4) is 0 Å². The Morgan fingerprint density at radius 2 is 2.00 bits per heavy atom. The second-order valence-corrected chi connectivity index (χ2v) is 5.44. The number of anilines is 1. The topological polar surface area (TPSA) is 32.3 Å². The van der Waals surface area contributed by atoms with E-state index in [4.69, 9.17) is 0 Å². The second kappa shape index (κ2) is 8.72. The van der Waals surface area contributed by atoms with Crippen LogP contribution in [-0.4, -0.2) is 29.9 Å². The molecule has 21 heavy (non-hydrogen) atoms. The summed E-state index contributed by atoms with van der Waals surface area (Å²) in [5.74, 6) is -1.54.